The molecule has 1 heterocycles. The van der Waals surface area contributed by atoms with Crippen molar-refractivity contribution in [1.29, 1.82) is 0 Å². The third kappa shape index (κ3) is 4.80. The standard InChI is InChI=1S/C20H25ClN2O2/c1-2-11-25-20-6-4-3-5-16(20)15-22-17-7-8-19(18(21)14-17)23-9-12-24-13-10-23/h3-8,14,22H,2,9-13,15H2,1H3. The van der Waals surface area contributed by atoms with Crippen LogP contribution in [-0.4, -0.2) is 32.9 Å². The van der Waals surface area contributed by atoms with E-state index in [1.807, 2.05) is 24.3 Å². The molecule has 2 aromatic carbocycles. The van der Waals surface area contributed by atoms with Crippen LogP contribution in [0.5, 0.6) is 5.75 Å². The number of morpholine rings is 1. The van der Waals surface area contributed by atoms with E-state index in [-0.39, 0.29) is 0 Å². The third-order valence-electron chi connectivity index (χ3n) is 4.22. The fourth-order valence-corrected chi connectivity index (χ4v) is 3.18. The van der Waals surface area contributed by atoms with Gasteiger partial charge in [0.05, 0.1) is 30.5 Å². The number of ether oxygens (including phenoxy) is 2. The molecule has 0 saturated carbocycles. The largest absolute Gasteiger partial charge is 0.493 e. The number of rotatable bonds is 7. The van der Waals surface area contributed by atoms with Crippen LogP contribution in [0.1, 0.15) is 18.9 Å². The first-order valence-electron chi connectivity index (χ1n) is 8.84. The van der Waals surface area contributed by atoms with Gasteiger partial charge in [0.25, 0.3) is 0 Å². The van der Waals surface area contributed by atoms with Crippen LogP contribution < -0.4 is 15.0 Å². The molecule has 0 spiro atoms. The van der Waals surface area contributed by atoms with Gasteiger partial charge < -0.3 is 19.7 Å². The summed E-state index contributed by atoms with van der Waals surface area (Å²) >= 11 is 6.50. The van der Waals surface area contributed by atoms with E-state index in [1.54, 1.807) is 0 Å². The van der Waals surface area contributed by atoms with Crippen LogP contribution in [0.25, 0.3) is 0 Å². The van der Waals surface area contributed by atoms with Crippen molar-refractivity contribution in [2.24, 2.45) is 0 Å². The van der Waals surface area contributed by atoms with Crippen LogP contribution in [-0.2, 0) is 11.3 Å². The smallest absolute Gasteiger partial charge is 0.124 e. The van der Waals surface area contributed by atoms with Gasteiger partial charge in [-0.3, -0.25) is 0 Å². The van der Waals surface area contributed by atoms with Crippen molar-refractivity contribution in [3.05, 3.63) is 53.1 Å². The second kappa shape index (κ2) is 8.97. The molecular formula is C20H25ClN2O2. The first-order valence-corrected chi connectivity index (χ1v) is 9.22. The van der Waals surface area contributed by atoms with Gasteiger partial charge in [-0.25, -0.2) is 0 Å². The zero-order valence-electron chi connectivity index (χ0n) is 14.6. The van der Waals surface area contributed by atoms with Gasteiger partial charge in [0, 0.05) is 30.9 Å². The minimum atomic E-state index is 0.702. The molecule has 1 N–H and O–H groups in total. The van der Waals surface area contributed by atoms with E-state index in [4.69, 9.17) is 21.1 Å². The highest BCUT2D eigenvalue weighted by molar-refractivity contribution is 6.33. The summed E-state index contributed by atoms with van der Waals surface area (Å²) < 4.78 is 11.2. The summed E-state index contributed by atoms with van der Waals surface area (Å²) in [6.45, 7) is 6.82. The summed E-state index contributed by atoms with van der Waals surface area (Å²) in [5.41, 5.74) is 3.22. The SMILES string of the molecule is CCCOc1ccccc1CNc1ccc(N2CCOCC2)c(Cl)c1. The average Bonchev–Trinajstić information content (AvgIpc) is 2.66. The lowest BCUT2D eigenvalue weighted by molar-refractivity contribution is 0.122. The molecule has 134 valence electrons. The van der Waals surface area contributed by atoms with Gasteiger partial charge in [-0.05, 0) is 30.7 Å². The number of anilines is 2. The summed E-state index contributed by atoms with van der Waals surface area (Å²) in [6, 6.07) is 14.3. The lowest BCUT2D eigenvalue weighted by Crippen LogP contribution is -2.36. The first-order chi connectivity index (χ1) is 12.3. The van der Waals surface area contributed by atoms with Gasteiger partial charge in [0.1, 0.15) is 5.75 Å². The minimum Gasteiger partial charge on any atom is -0.493 e. The molecule has 0 unspecified atom stereocenters. The summed E-state index contributed by atoms with van der Waals surface area (Å²) in [7, 11) is 0. The monoisotopic (exact) mass is 360 g/mol. The topological polar surface area (TPSA) is 33.7 Å². The zero-order chi connectivity index (χ0) is 17.5. The molecule has 0 radical (unpaired) electrons. The van der Waals surface area contributed by atoms with Crippen LogP contribution in [0.2, 0.25) is 5.02 Å². The number of nitrogens with one attached hydrogen (secondary N) is 1. The molecule has 1 aliphatic rings. The molecule has 4 nitrogen and oxygen atoms in total. The number of para-hydroxylation sites is 1. The maximum atomic E-state index is 6.50. The number of hydrogen-bond donors (Lipinski definition) is 1. The highest BCUT2D eigenvalue weighted by atomic mass is 35.5. The molecule has 1 fully saturated rings. The molecule has 0 aromatic heterocycles. The molecule has 1 aliphatic heterocycles. The number of hydrogen-bond acceptors (Lipinski definition) is 4. The average molecular weight is 361 g/mol. The van der Waals surface area contributed by atoms with Crippen LogP contribution in [0.15, 0.2) is 42.5 Å². The lowest BCUT2D eigenvalue weighted by atomic mass is 10.2. The highest BCUT2D eigenvalue weighted by Crippen LogP contribution is 2.30. The Morgan fingerprint density at radius 1 is 1.16 bits per heavy atom. The lowest BCUT2D eigenvalue weighted by Gasteiger charge is -2.29. The van der Waals surface area contributed by atoms with E-state index < -0.39 is 0 Å². The van der Waals surface area contributed by atoms with Crippen LogP contribution in [0.4, 0.5) is 11.4 Å². The van der Waals surface area contributed by atoms with E-state index in [9.17, 15) is 0 Å². The van der Waals surface area contributed by atoms with Gasteiger partial charge >= 0.3 is 0 Å². The Morgan fingerprint density at radius 2 is 1.96 bits per heavy atom. The second-order valence-corrected chi connectivity index (χ2v) is 6.48. The quantitative estimate of drug-likeness (QED) is 0.783. The summed E-state index contributed by atoms with van der Waals surface area (Å²) in [6.07, 6.45) is 1.00. The number of nitrogens with zero attached hydrogens (tertiary/aromatic N) is 1. The van der Waals surface area contributed by atoms with E-state index in [1.165, 1.54) is 0 Å². The van der Waals surface area contributed by atoms with Gasteiger partial charge in [0.2, 0.25) is 0 Å². The Hall–Kier alpha value is -1.91. The minimum absolute atomic E-state index is 0.702. The fourth-order valence-electron chi connectivity index (χ4n) is 2.88. The molecule has 1 saturated heterocycles. The van der Waals surface area contributed by atoms with Crippen molar-refractivity contribution < 1.29 is 9.47 Å². The molecule has 2 aromatic rings. The normalized spacial score (nSPS) is 14.4. The van der Waals surface area contributed by atoms with E-state index >= 15 is 0 Å². The Kier molecular flexibility index (Phi) is 6.42. The fraction of sp³-hybridized carbons (Fsp3) is 0.400. The summed E-state index contributed by atoms with van der Waals surface area (Å²) in [5, 5.41) is 4.21. The van der Waals surface area contributed by atoms with E-state index in [0.717, 1.165) is 67.0 Å². The van der Waals surface area contributed by atoms with Gasteiger partial charge in [-0.15, -0.1) is 0 Å². The van der Waals surface area contributed by atoms with Crippen LogP contribution >= 0.6 is 11.6 Å². The van der Waals surface area contributed by atoms with Crippen molar-refractivity contribution >= 4 is 23.0 Å². The Labute approximate surface area is 154 Å². The van der Waals surface area contributed by atoms with Crippen LogP contribution in [0.3, 0.4) is 0 Å². The Morgan fingerprint density at radius 3 is 2.72 bits per heavy atom. The first kappa shape index (κ1) is 17.9. The van der Waals surface area contributed by atoms with E-state index in [2.05, 4.69) is 35.3 Å². The van der Waals surface area contributed by atoms with Crippen molar-refractivity contribution in [2.45, 2.75) is 19.9 Å². The van der Waals surface area contributed by atoms with Crippen molar-refractivity contribution in [2.75, 3.05) is 43.1 Å². The molecule has 0 aliphatic carbocycles. The van der Waals surface area contributed by atoms with Gasteiger partial charge in [-0.2, -0.15) is 0 Å². The molecular weight excluding hydrogens is 336 g/mol. The summed E-state index contributed by atoms with van der Waals surface area (Å²) in [4.78, 5) is 2.27. The molecule has 0 bridgehead atoms. The molecule has 0 atom stereocenters. The molecule has 5 heteroatoms. The predicted molar refractivity (Wildman–Crippen MR) is 104 cm³/mol. The third-order valence-corrected chi connectivity index (χ3v) is 4.52. The van der Waals surface area contributed by atoms with Crippen molar-refractivity contribution in [1.82, 2.24) is 0 Å². The van der Waals surface area contributed by atoms with E-state index in [0.29, 0.717) is 6.54 Å². The molecule has 25 heavy (non-hydrogen) atoms. The molecule has 3 rings (SSSR count). The second-order valence-electron chi connectivity index (χ2n) is 6.08. The predicted octanol–water partition coefficient (Wildman–Crippen LogP) is 4.58. The Bertz CT molecular complexity index is 687. The van der Waals surface area contributed by atoms with Gasteiger partial charge in [0.15, 0.2) is 0 Å². The number of benzene rings is 2. The zero-order valence-corrected chi connectivity index (χ0v) is 15.4. The Balaban J connectivity index is 1.65. The molecule has 0 amide bonds. The maximum absolute atomic E-state index is 6.50. The highest BCUT2D eigenvalue weighted by Gasteiger charge is 2.14. The van der Waals surface area contributed by atoms with Crippen LogP contribution in [0, 0.1) is 0 Å². The maximum Gasteiger partial charge on any atom is 0.124 e. The number of halogens is 1. The van der Waals surface area contributed by atoms with Crippen molar-refractivity contribution in [3.63, 3.8) is 0 Å². The van der Waals surface area contributed by atoms with Gasteiger partial charge in [-0.1, -0.05) is 36.7 Å². The summed E-state index contributed by atoms with van der Waals surface area (Å²) in [5.74, 6) is 0.938. The van der Waals surface area contributed by atoms with Crippen molar-refractivity contribution in [3.8, 4) is 5.75 Å².